The van der Waals surface area contributed by atoms with E-state index in [1.165, 1.54) is 0 Å². The molecule has 0 saturated heterocycles. The van der Waals surface area contributed by atoms with Crippen LogP contribution in [0.1, 0.15) is 25.7 Å². The minimum absolute atomic E-state index is 0.0249. The maximum atomic E-state index is 11.9. The van der Waals surface area contributed by atoms with E-state index in [-0.39, 0.29) is 25.6 Å². The summed E-state index contributed by atoms with van der Waals surface area (Å²) < 4.78 is 40.9. The Morgan fingerprint density at radius 3 is 2.44 bits per heavy atom. The van der Waals surface area contributed by atoms with Gasteiger partial charge < -0.3 is 15.8 Å². The lowest BCUT2D eigenvalue weighted by Gasteiger charge is -2.30. The van der Waals surface area contributed by atoms with Gasteiger partial charge in [-0.05, 0) is 32.2 Å². The second kappa shape index (κ2) is 5.88. The fraction of sp³-hybridized carbons (Fsp3) is 0.909. The molecular formula is C11H19F3N2O2. The smallest absolute Gasteiger partial charge is 0.379 e. The van der Waals surface area contributed by atoms with Gasteiger partial charge in [-0.1, -0.05) is 0 Å². The van der Waals surface area contributed by atoms with Gasteiger partial charge >= 0.3 is 6.18 Å². The summed E-state index contributed by atoms with van der Waals surface area (Å²) in [7, 11) is 1.61. The first-order valence-electron chi connectivity index (χ1n) is 5.95. The third-order valence-corrected chi connectivity index (χ3v) is 3.24. The van der Waals surface area contributed by atoms with E-state index in [9.17, 15) is 18.0 Å². The predicted molar refractivity (Wildman–Crippen MR) is 59.8 cm³/mol. The molecule has 0 aromatic rings. The Hall–Kier alpha value is -0.820. The first kappa shape index (κ1) is 15.2. The third-order valence-electron chi connectivity index (χ3n) is 3.24. The Labute approximate surface area is 104 Å². The Morgan fingerprint density at radius 1 is 1.44 bits per heavy atom. The van der Waals surface area contributed by atoms with Crippen LogP contribution >= 0.6 is 0 Å². The highest BCUT2D eigenvalue weighted by molar-refractivity contribution is 5.85. The number of amides is 1. The van der Waals surface area contributed by atoms with Gasteiger partial charge in [0.2, 0.25) is 5.91 Å². The van der Waals surface area contributed by atoms with E-state index in [0.717, 1.165) is 12.8 Å². The van der Waals surface area contributed by atoms with Crippen molar-refractivity contribution in [2.24, 2.45) is 11.7 Å². The molecule has 0 aliphatic heterocycles. The van der Waals surface area contributed by atoms with E-state index in [4.69, 9.17) is 10.5 Å². The summed E-state index contributed by atoms with van der Waals surface area (Å²) in [5.74, 6) is -0.383. The minimum atomic E-state index is -4.16. The number of ether oxygens (including phenoxy) is 1. The van der Waals surface area contributed by atoms with Crippen molar-refractivity contribution in [2.45, 2.75) is 37.4 Å². The number of carbonyl (C=O) groups is 1. The van der Waals surface area contributed by atoms with Crippen molar-refractivity contribution < 1.29 is 22.7 Å². The number of carbonyl (C=O) groups excluding carboxylic acids is 1. The molecule has 1 aliphatic carbocycles. The van der Waals surface area contributed by atoms with E-state index < -0.39 is 24.0 Å². The second-order valence-corrected chi connectivity index (χ2v) is 4.63. The summed E-state index contributed by atoms with van der Waals surface area (Å²) in [6.45, 7) is 0.00426. The zero-order chi connectivity index (χ0) is 13.8. The van der Waals surface area contributed by atoms with E-state index in [1.807, 2.05) is 0 Å². The highest BCUT2D eigenvalue weighted by atomic mass is 19.4. The lowest BCUT2D eigenvalue weighted by Crippen LogP contribution is -2.59. The van der Waals surface area contributed by atoms with E-state index in [2.05, 4.69) is 5.32 Å². The standard InChI is InChI=1S/C11H19F3N2O2/c1-16-10(9(15)17,8-3-4-8)7-18-6-2-5-11(12,13)14/h8,16H,2-7H2,1H3,(H2,15,17). The molecule has 0 heterocycles. The van der Waals surface area contributed by atoms with Crippen LogP contribution in [0, 0.1) is 5.92 Å². The number of alkyl halides is 3. The summed E-state index contributed by atoms with van der Waals surface area (Å²) >= 11 is 0. The highest BCUT2D eigenvalue weighted by Gasteiger charge is 2.49. The number of primary amides is 1. The molecule has 4 nitrogen and oxygen atoms in total. The van der Waals surface area contributed by atoms with E-state index >= 15 is 0 Å². The van der Waals surface area contributed by atoms with Gasteiger partial charge in [-0.25, -0.2) is 0 Å². The molecule has 1 unspecified atom stereocenters. The molecule has 0 bridgehead atoms. The molecule has 0 aromatic carbocycles. The van der Waals surface area contributed by atoms with Crippen molar-refractivity contribution in [1.82, 2.24) is 5.32 Å². The van der Waals surface area contributed by atoms with Crippen molar-refractivity contribution in [2.75, 3.05) is 20.3 Å². The van der Waals surface area contributed by atoms with Crippen LogP contribution in [0.25, 0.3) is 0 Å². The van der Waals surface area contributed by atoms with Gasteiger partial charge in [-0.15, -0.1) is 0 Å². The molecule has 18 heavy (non-hydrogen) atoms. The number of rotatable bonds is 8. The molecule has 0 aromatic heterocycles. The van der Waals surface area contributed by atoms with Crippen LogP contribution in [0.3, 0.4) is 0 Å². The Kier molecular flexibility index (Phi) is 4.98. The van der Waals surface area contributed by atoms with Crippen LogP contribution in [0.15, 0.2) is 0 Å². The fourth-order valence-corrected chi connectivity index (χ4v) is 1.97. The zero-order valence-electron chi connectivity index (χ0n) is 10.3. The van der Waals surface area contributed by atoms with Crippen molar-refractivity contribution in [1.29, 1.82) is 0 Å². The number of likely N-dealkylation sites (N-methyl/N-ethyl adjacent to an activating group) is 1. The largest absolute Gasteiger partial charge is 0.389 e. The third kappa shape index (κ3) is 4.13. The van der Waals surface area contributed by atoms with Crippen LogP contribution in [0.2, 0.25) is 0 Å². The summed E-state index contributed by atoms with van der Waals surface area (Å²) in [4.78, 5) is 11.5. The van der Waals surface area contributed by atoms with Gasteiger partial charge in [0.15, 0.2) is 0 Å². The number of hydrogen-bond donors (Lipinski definition) is 2. The quantitative estimate of drug-likeness (QED) is 0.650. The maximum absolute atomic E-state index is 11.9. The molecule has 3 N–H and O–H groups in total. The van der Waals surface area contributed by atoms with E-state index in [0.29, 0.717) is 0 Å². The van der Waals surface area contributed by atoms with Gasteiger partial charge in [-0.3, -0.25) is 4.79 Å². The Bertz CT molecular complexity index is 293. The Morgan fingerprint density at radius 2 is 2.06 bits per heavy atom. The minimum Gasteiger partial charge on any atom is -0.379 e. The normalized spacial score (nSPS) is 19.6. The van der Waals surface area contributed by atoms with Gasteiger partial charge in [0, 0.05) is 13.0 Å². The SMILES string of the molecule is CNC(COCCCC(F)(F)F)(C(N)=O)C1CC1. The number of nitrogens with two attached hydrogens (primary N) is 1. The van der Waals surface area contributed by atoms with Crippen molar-refractivity contribution in [3.8, 4) is 0 Å². The van der Waals surface area contributed by atoms with Crippen LogP contribution < -0.4 is 11.1 Å². The monoisotopic (exact) mass is 268 g/mol. The van der Waals surface area contributed by atoms with Crippen molar-refractivity contribution in [3.05, 3.63) is 0 Å². The summed E-state index contributed by atoms with van der Waals surface area (Å²) in [6, 6.07) is 0. The van der Waals surface area contributed by atoms with Gasteiger partial charge in [-0.2, -0.15) is 13.2 Å². The summed E-state index contributed by atoms with van der Waals surface area (Å²) in [5.41, 5.74) is 4.41. The molecule has 1 rings (SSSR count). The van der Waals surface area contributed by atoms with Gasteiger partial charge in [0.25, 0.3) is 0 Å². The number of hydrogen-bond acceptors (Lipinski definition) is 3. The van der Waals surface area contributed by atoms with E-state index in [1.54, 1.807) is 7.05 Å². The van der Waals surface area contributed by atoms with Gasteiger partial charge in [0.1, 0.15) is 5.54 Å². The number of halogens is 3. The van der Waals surface area contributed by atoms with Gasteiger partial charge in [0.05, 0.1) is 6.61 Å². The van der Waals surface area contributed by atoms with Crippen LogP contribution in [-0.4, -0.2) is 37.9 Å². The average molecular weight is 268 g/mol. The molecule has 1 atom stereocenters. The van der Waals surface area contributed by atoms with Crippen LogP contribution in [0.4, 0.5) is 13.2 Å². The van der Waals surface area contributed by atoms with Crippen LogP contribution in [-0.2, 0) is 9.53 Å². The van der Waals surface area contributed by atoms with Crippen molar-refractivity contribution in [3.63, 3.8) is 0 Å². The topological polar surface area (TPSA) is 64.3 Å². The fourth-order valence-electron chi connectivity index (χ4n) is 1.97. The first-order chi connectivity index (χ1) is 8.32. The molecule has 0 spiro atoms. The maximum Gasteiger partial charge on any atom is 0.389 e. The zero-order valence-corrected chi connectivity index (χ0v) is 10.3. The lowest BCUT2D eigenvalue weighted by atomic mass is 9.93. The van der Waals surface area contributed by atoms with Crippen LogP contribution in [0.5, 0.6) is 0 Å². The molecule has 106 valence electrons. The molecule has 1 fully saturated rings. The Balaban J connectivity index is 2.33. The second-order valence-electron chi connectivity index (χ2n) is 4.63. The highest BCUT2D eigenvalue weighted by Crippen LogP contribution is 2.39. The molecular weight excluding hydrogens is 249 g/mol. The first-order valence-corrected chi connectivity index (χ1v) is 5.95. The molecule has 1 saturated carbocycles. The number of nitrogens with one attached hydrogen (secondary N) is 1. The molecule has 1 amide bonds. The lowest BCUT2D eigenvalue weighted by molar-refractivity contribution is -0.139. The molecule has 1 aliphatic rings. The summed E-state index contributed by atoms with van der Waals surface area (Å²) in [6.07, 6.45) is -3.37. The molecule has 0 radical (unpaired) electrons. The van der Waals surface area contributed by atoms with Crippen molar-refractivity contribution >= 4 is 5.91 Å². The predicted octanol–water partition coefficient (Wildman–Crippen LogP) is 1.20. The molecule has 7 heteroatoms. The summed E-state index contributed by atoms with van der Waals surface area (Å²) in [5, 5.41) is 2.86. The average Bonchev–Trinajstić information content (AvgIpc) is 3.05.